The number of alkyl halides is 3. The van der Waals surface area contributed by atoms with Gasteiger partial charge < -0.3 is 5.73 Å². The van der Waals surface area contributed by atoms with Crippen LogP contribution in [0.3, 0.4) is 0 Å². The Bertz CT molecular complexity index is 1300. The number of carbonyl (C=O) groups excluding carboxylic acids is 1. The molecule has 0 aliphatic heterocycles. The number of halogens is 5. The second kappa shape index (κ2) is 9.85. The van der Waals surface area contributed by atoms with E-state index >= 15 is 0 Å². The van der Waals surface area contributed by atoms with Crippen LogP contribution in [0.2, 0.25) is 10.0 Å². The van der Waals surface area contributed by atoms with Crippen molar-refractivity contribution in [2.24, 2.45) is 5.73 Å². The van der Waals surface area contributed by atoms with E-state index in [1.807, 2.05) is 0 Å². The van der Waals surface area contributed by atoms with Gasteiger partial charge in [-0.05, 0) is 47.0 Å². The minimum atomic E-state index is -4.51. The van der Waals surface area contributed by atoms with Crippen LogP contribution in [-0.2, 0) is 27.5 Å². The Morgan fingerprint density at radius 3 is 1.97 bits per heavy atom. The minimum Gasteiger partial charge on any atom is -0.369 e. The van der Waals surface area contributed by atoms with Gasteiger partial charge in [-0.1, -0.05) is 59.6 Å². The van der Waals surface area contributed by atoms with Crippen molar-refractivity contribution in [1.29, 1.82) is 0 Å². The fourth-order valence-corrected chi connectivity index (χ4v) is 4.70. The van der Waals surface area contributed by atoms with E-state index in [-0.39, 0.29) is 27.8 Å². The van der Waals surface area contributed by atoms with Gasteiger partial charge in [-0.3, -0.25) is 9.10 Å². The normalized spacial score (nSPS) is 12.9. The quantitative estimate of drug-likeness (QED) is 0.432. The molecule has 0 fully saturated rings. The lowest BCUT2D eigenvalue weighted by molar-refractivity contribution is -0.137. The number of hydrogen-bond donors (Lipinski definition) is 1. The molecule has 2 N–H and O–H groups in total. The molecule has 11 heteroatoms. The van der Waals surface area contributed by atoms with Crippen LogP contribution >= 0.6 is 23.2 Å². The van der Waals surface area contributed by atoms with E-state index in [2.05, 4.69) is 0 Å². The molecule has 1 amide bonds. The van der Waals surface area contributed by atoms with Crippen LogP contribution in [0.25, 0.3) is 0 Å². The van der Waals surface area contributed by atoms with E-state index in [1.165, 1.54) is 36.4 Å². The lowest BCUT2D eigenvalue weighted by atomic mass is 9.90. The lowest BCUT2D eigenvalue weighted by Crippen LogP contribution is -2.29. The van der Waals surface area contributed by atoms with Gasteiger partial charge >= 0.3 is 6.18 Å². The summed E-state index contributed by atoms with van der Waals surface area (Å²) in [5, 5.41) is 0.509. The zero-order valence-electron chi connectivity index (χ0n) is 17.7. The summed E-state index contributed by atoms with van der Waals surface area (Å²) < 4.78 is 64.7. The first-order valence-electron chi connectivity index (χ1n) is 9.76. The highest BCUT2D eigenvalue weighted by molar-refractivity contribution is 7.92. The van der Waals surface area contributed by atoms with Crippen molar-refractivity contribution in [1.82, 2.24) is 0 Å². The standard InChI is InChI=1S/C23H19Cl2F3N2O3S/c1-34(32,33)30(13-16-3-2-4-19(24)21(16)25)18-11-7-15(8-12-18)20(22(29)31)14-5-9-17(10-6-14)23(26,27)28/h2-12,20H,13H2,1H3,(H2,29,31). The average Bonchev–Trinajstić information content (AvgIpc) is 2.74. The number of primary amides is 1. The van der Waals surface area contributed by atoms with Crippen molar-refractivity contribution in [3.8, 4) is 0 Å². The molecule has 0 bridgehead atoms. The molecule has 0 saturated heterocycles. The molecule has 3 rings (SSSR count). The van der Waals surface area contributed by atoms with Crippen molar-refractivity contribution >= 4 is 44.8 Å². The molecule has 0 radical (unpaired) electrons. The largest absolute Gasteiger partial charge is 0.416 e. The molecule has 1 atom stereocenters. The molecular weight excluding hydrogens is 512 g/mol. The molecular formula is C23H19Cl2F3N2O3S. The Morgan fingerprint density at radius 1 is 0.971 bits per heavy atom. The minimum absolute atomic E-state index is 0.0876. The van der Waals surface area contributed by atoms with Crippen LogP contribution in [-0.4, -0.2) is 20.6 Å². The second-order valence-corrected chi connectivity index (χ2v) is 10.2. The summed E-state index contributed by atoms with van der Waals surface area (Å²) >= 11 is 12.2. The maximum atomic E-state index is 12.9. The van der Waals surface area contributed by atoms with E-state index in [4.69, 9.17) is 28.9 Å². The van der Waals surface area contributed by atoms with E-state index in [9.17, 15) is 26.4 Å². The number of carbonyl (C=O) groups is 1. The second-order valence-electron chi connectivity index (χ2n) is 7.53. The molecule has 0 aromatic heterocycles. The number of nitrogens with zero attached hydrogens (tertiary/aromatic N) is 1. The van der Waals surface area contributed by atoms with Crippen LogP contribution in [0.1, 0.15) is 28.2 Å². The molecule has 3 aromatic carbocycles. The maximum Gasteiger partial charge on any atom is 0.416 e. The van der Waals surface area contributed by atoms with E-state index in [1.54, 1.807) is 18.2 Å². The number of amides is 1. The zero-order chi connectivity index (χ0) is 25.3. The van der Waals surface area contributed by atoms with Gasteiger partial charge in [-0.15, -0.1) is 0 Å². The van der Waals surface area contributed by atoms with Gasteiger partial charge in [0.2, 0.25) is 15.9 Å². The number of anilines is 1. The first-order valence-corrected chi connectivity index (χ1v) is 12.4. The predicted octanol–water partition coefficient (Wildman–Crippen LogP) is 5.60. The Kier molecular flexibility index (Phi) is 7.50. The number of sulfonamides is 1. The summed E-state index contributed by atoms with van der Waals surface area (Å²) in [6, 6.07) is 15.0. The van der Waals surface area contributed by atoms with Crippen molar-refractivity contribution in [3.63, 3.8) is 0 Å². The van der Waals surface area contributed by atoms with Crippen LogP contribution in [0.5, 0.6) is 0 Å². The van der Waals surface area contributed by atoms with Crippen LogP contribution in [0.15, 0.2) is 66.7 Å². The molecule has 3 aromatic rings. The molecule has 34 heavy (non-hydrogen) atoms. The highest BCUT2D eigenvalue weighted by Crippen LogP contribution is 2.33. The fourth-order valence-electron chi connectivity index (χ4n) is 3.44. The zero-order valence-corrected chi connectivity index (χ0v) is 20.0. The number of nitrogens with two attached hydrogens (primary N) is 1. The van der Waals surface area contributed by atoms with Crippen molar-refractivity contribution < 1.29 is 26.4 Å². The molecule has 0 saturated carbocycles. The summed E-state index contributed by atoms with van der Waals surface area (Å²) in [6.45, 7) is -0.0876. The topological polar surface area (TPSA) is 80.5 Å². The highest BCUT2D eigenvalue weighted by Gasteiger charge is 2.31. The first-order chi connectivity index (χ1) is 15.8. The highest BCUT2D eigenvalue weighted by atomic mass is 35.5. The van der Waals surface area contributed by atoms with Gasteiger partial charge in [0.25, 0.3) is 0 Å². The average molecular weight is 531 g/mol. The monoisotopic (exact) mass is 530 g/mol. The van der Waals surface area contributed by atoms with Crippen molar-refractivity contribution in [2.45, 2.75) is 18.6 Å². The summed E-state index contributed by atoms with van der Waals surface area (Å²) in [4.78, 5) is 12.1. The molecule has 1 unspecified atom stereocenters. The maximum absolute atomic E-state index is 12.9. The molecule has 0 aliphatic carbocycles. The third kappa shape index (κ3) is 5.84. The van der Waals surface area contributed by atoms with Gasteiger partial charge in [0.05, 0.1) is 40.0 Å². The smallest absolute Gasteiger partial charge is 0.369 e. The summed E-state index contributed by atoms with van der Waals surface area (Å²) in [7, 11) is -3.73. The summed E-state index contributed by atoms with van der Waals surface area (Å²) in [5.41, 5.74) is 6.13. The molecule has 5 nitrogen and oxygen atoms in total. The Balaban J connectivity index is 1.95. The van der Waals surface area contributed by atoms with Crippen LogP contribution in [0.4, 0.5) is 18.9 Å². The molecule has 0 spiro atoms. The van der Waals surface area contributed by atoms with Gasteiger partial charge in [-0.25, -0.2) is 8.42 Å². The van der Waals surface area contributed by atoms with Crippen LogP contribution in [0, 0.1) is 0 Å². The first kappa shape index (κ1) is 25.9. The SMILES string of the molecule is CS(=O)(=O)N(Cc1cccc(Cl)c1Cl)c1ccc(C(C(N)=O)c2ccc(C(F)(F)F)cc2)cc1. The third-order valence-corrected chi connectivity index (χ3v) is 7.11. The predicted molar refractivity (Wildman–Crippen MR) is 126 cm³/mol. The fraction of sp³-hybridized carbons (Fsp3) is 0.174. The van der Waals surface area contributed by atoms with Crippen molar-refractivity contribution in [2.75, 3.05) is 10.6 Å². The third-order valence-electron chi connectivity index (χ3n) is 5.12. The summed E-state index contributed by atoms with van der Waals surface area (Å²) in [6.07, 6.45) is -3.48. The number of benzene rings is 3. The van der Waals surface area contributed by atoms with Gasteiger partial charge in [0.1, 0.15) is 0 Å². The lowest BCUT2D eigenvalue weighted by Gasteiger charge is -2.24. The molecule has 0 heterocycles. The molecule has 180 valence electrons. The van der Waals surface area contributed by atoms with Gasteiger partial charge in [-0.2, -0.15) is 13.2 Å². The van der Waals surface area contributed by atoms with E-state index in [0.717, 1.165) is 22.7 Å². The Morgan fingerprint density at radius 2 is 1.50 bits per heavy atom. The van der Waals surface area contributed by atoms with E-state index in [0.29, 0.717) is 11.1 Å². The Hall–Kier alpha value is -2.75. The van der Waals surface area contributed by atoms with Gasteiger partial charge in [0.15, 0.2) is 0 Å². The van der Waals surface area contributed by atoms with Gasteiger partial charge in [0, 0.05) is 0 Å². The van der Waals surface area contributed by atoms with Crippen molar-refractivity contribution in [3.05, 3.63) is 99.0 Å². The number of rotatable bonds is 7. The Labute approximate surface area is 204 Å². The van der Waals surface area contributed by atoms with E-state index < -0.39 is 33.6 Å². The molecule has 0 aliphatic rings. The summed E-state index contributed by atoms with van der Waals surface area (Å²) in [5.74, 6) is -1.79. The van der Waals surface area contributed by atoms with Crippen LogP contribution < -0.4 is 10.0 Å². The number of hydrogen-bond acceptors (Lipinski definition) is 3.